The maximum atomic E-state index is 13.8. The topological polar surface area (TPSA) is 72.9 Å². The molecular weight excluding hydrogens is 320 g/mol. The number of amides is 2. The predicted molar refractivity (Wildman–Crippen MR) is 82.8 cm³/mol. The maximum absolute atomic E-state index is 13.8. The zero-order valence-corrected chi connectivity index (χ0v) is 13.0. The Labute approximate surface area is 138 Å². The van der Waals surface area contributed by atoms with Crippen LogP contribution < -0.4 is 10.2 Å². The molecule has 130 valence electrons. The number of aliphatic carboxylic acids is 1. The summed E-state index contributed by atoms with van der Waals surface area (Å²) in [5.74, 6) is -2.66. The van der Waals surface area contributed by atoms with Crippen molar-refractivity contribution in [3.63, 3.8) is 0 Å². The van der Waals surface area contributed by atoms with Crippen LogP contribution in [0, 0.1) is 17.6 Å². The molecule has 24 heavy (non-hydrogen) atoms. The van der Waals surface area contributed by atoms with E-state index in [1.165, 1.54) is 23.1 Å². The molecule has 2 saturated heterocycles. The Balaban J connectivity index is 1.57. The van der Waals surface area contributed by atoms with Gasteiger partial charge in [-0.15, -0.1) is 0 Å². The Hall–Kier alpha value is -2.38. The van der Waals surface area contributed by atoms with Gasteiger partial charge in [0.1, 0.15) is 17.3 Å². The number of urea groups is 1. The van der Waals surface area contributed by atoms with Crippen molar-refractivity contribution in [1.29, 1.82) is 0 Å². The molecule has 2 fully saturated rings. The molecule has 1 aromatic carbocycles. The largest absolute Gasteiger partial charge is 0.481 e. The van der Waals surface area contributed by atoms with E-state index in [1.807, 2.05) is 0 Å². The first-order valence-corrected chi connectivity index (χ1v) is 7.93. The number of halogens is 2. The molecule has 2 N–H and O–H groups in total. The van der Waals surface area contributed by atoms with Crippen LogP contribution in [0.1, 0.15) is 12.8 Å². The quantitative estimate of drug-likeness (QED) is 0.878. The summed E-state index contributed by atoms with van der Waals surface area (Å²) >= 11 is 0. The molecule has 0 radical (unpaired) electrons. The molecule has 2 heterocycles. The fourth-order valence-electron chi connectivity index (χ4n) is 3.28. The van der Waals surface area contributed by atoms with E-state index in [2.05, 4.69) is 5.32 Å². The lowest BCUT2D eigenvalue weighted by Gasteiger charge is -2.22. The Morgan fingerprint density at radius 2 is 1.83 bits per heavy atom. The van der Waals surface area contributed by atoms with Gasteiger partial charge >= 0.3 is 12.0 Å². The van der Waals surface area contributed by atoms with Crippen molar-refractivity contribution in [2.45, 2.75) is 18.9 Å². The van der Waals surface area contributed by atoms with Gasteiger partial charge in [-0.1, -0.05) is 6.07 Å². The molecule has 0 aliphatic carbocycles. The molecule has 0 aromatic heterocycles. The summed E-state index contributed by atoms with van der Waals surface area (Å²) < 4.78 is 27.6. The summed E-state index contributed by atoms with van der Waals surface area (Å²) in [6.45, 7) is 1.36. The van der Waals surface area contributed by atoms with E-state index in [0.29, 0.717) is 32.5 Å². The van der Waals surface area contributed by atoms with Crippen LogP contribution in [-0.2, 0) is 4.79 Å². The van der Waals surface area contributed by atoms with Gasteiger partial charge in [0.05, 0.1) is 5.92 Å². The molecule has 6 nitrogen and oxygen atoms in total. The summed E-state index contributed by atoms with van der Waals surface area (Å²) in [5, 5.41) is 11.8. The minimum atomic E-state index is -0.896. The number of nitrogens with one attached hydrogen (secondary N) is 1. The van der Waals surface area contributed by atoms with Crippen molar-refractivity contribution in [1.82, 2.24) is 10.2 Å². The van der Waals surface area contributed by atoms with Crippen molar-refractivity contribution in [3.8, 4) is 0 Å². The number of nitrogens with zero attached hydrogens (tertiary/aromatic N) is 2. The third-order valence-corrected chi connectivity index (χ3v) is 4.59. The SMILES string of the molecule is O=C(O)C1CCN(C(=O)NC2CCN(c3c(F)cccc3F)C2)C1. The highest BCUT2D eigenvalue weighted by Crippen LogP contribution is 2.27. The molecule has 0 saturated carbocycles. The van der Waals surface area contributed by atoms with Crippen LogP contribution in [0.15, 0.2) is 18.2 Å². The van der Waals surface area contributed by atoms with E-state index in [9.17, 15) is 18.4 Å². The highest BCUT2D eigenvalue weighted by Gasteiger charge is 2.33. The summed E-state index contributed by atoms with van der Waals surface area (Å²) in [7, 11) is 0. The van der Waals surface area contributed by atoms with Crippen LogP contribution in [0.2, 0.25) is 0 Å². The molecule has 3 rings (SSSR count). The number of para-hydroxylation sites is 1. The highest BCUT2D eigenvalue weighted by molar-refractivity contribution is 5.77. The van der Waals surface area contributed by atoms with E-state index >= 15 is 0 Å². The second-order valence-electron chi connectivity index (χ2n) is 6.22. The number of hydrogen-bond donors (Lipinski definition) is 2. The second-order valence-corrected chi connectivity index (χ2v) is 6.22. The summed E-state index contributed by atoms with van der Waals surface area (Å²) in [6, 6.07) is 3.19. The van der Waals surface area contributed by atoms with Gasteiger partial charge in [-0.25, -0.2) is 13.6 Å². The number of hydrogen-bond acceptors (Lipinski definition) is 3. The van der Waals surface area contributed by atoms with Crippen LogP contribution in [0.3, 0.4) is 0 Å². The van der Waals surface area contributed by atoms with Crippen molar-refractivity contribution < 1.29 is 23.5 Å². The molecule has 2 aliphatic heterocycles. The number of benzene rings is 1. The van der Waals surface area contributed by atoms with Crippen LogP contribution in [-0.4, -0.2) is 54.2 Å². The Morgan fingerprint density at radius 1 is 1.12 bits per heavy atom. The van der Waals surface area contributed by atoms with E-state index in [1.54, 1.807) is 4.90 Å². The Kier molecular flexibility index (Phi) is 4.55. The van der Waals surface area contributed by atoms with Crippen molar-refractivity contribution in [3.05, 3.63) is 29.8 Å². The molecule has 1 aromatic rings. The molecule has 0 spiro atoms. The number of rotatable bonds is 3. The van der Waals surface area contributed by atoms with Crippen LogP contribution in [0.5, 0.6) is 0 Å². The van der Waals surface area contributed by atoms with Crippen molar-refractivity contribution >= 4 is 17.7 Å². The smallest absolute Gasteiger partial charge is 0.317 e. The Morgan fingerprint density at radius 3 is 2.46 bits per heavy atom. The summed E-state index contributed by atoms with van der Waals surface area (Å²) in [6.07, 6.45) is 1.02. The lowest BCUT2D eigenvalue weighted by molar-refractivity contribution is -0.141. The first kappa shape index (κ1) is 16.5. The van der Waals surface area contributed by atoms with Gasteiger partial charge < -0.3 is 20.2 Å². The maximum Gasteiger partial charge on any atom is 0.317 e. The van der Waals surface area contributed by atoms with Crippen molar-refractivity contribution in [2.75, 3.05) is 31.1 Å². The normalized spacial score (nSPS) is 23.6. The number of anilines is 1. The van der Waals surface area contributed by atoms with Gasteiger partial charge in [-0.3, -0.25) is 4.79 Å². The third-order valence-electron chi connectivity index (χ3n) is 4.59. The number of carbonyl (C=O) groups is 2. The monoisotopic (exact) mass is 339 g/mol. The third kappa shape index (κ3) is 3.27. The molecule has 0 bridgehead atoms. The van der Waals surface area contributed by atoms with Gasteiger partial charge in [-0.2, -0.15) is 0 Å². The van der Waals surface area contributed by atoms with E-state index in [0.717, 1.165) is 0 Å². The molecule has 2 unspecified atom stereocenters. The number of carboxylic acids is 1. The predicted octanol–water partition coefficient (Wildman–Crippen LogP) is 1.66. The Bertz CT molecular complexity index is 635. The zero-order chi connectivity index (χ0) is 17.3. The van der Waals surface area contributed by atoms with E-state index in [-0.39, 0.29) is 24.3 Å². The molecular formula is C16H19F2N3O3. The first-order valence-electron chi connectivity index (χ1n) is 7.93. The zero-order valence-electron chi connectivity index (χ0n) is 13.0. The number of carbonyl (C=O) groups excluding carboxylic acids is 1. The average Bonchev–Trinajstić information content (AvgIpc) is 3.16. The van der Waals surface area contributed by atoms with Gasteiger partial charge in [0.2, 0.25) is 0 Å². The molecule has 8 heteroatoms. The van der Waals surface area contributed by atoms with Crippen LogP contribution in [0.25, 0.3) is 0 Å². The van der Waals surface area contributed by atoms with E-state index in [4.69, 9.17) is 5.11 Å². The molecule has 2 atom stereocenters. The summed E-state index contributed by atoms with van der Waals surface area (Å²) in [4.78, 5) is 26.2. The van der Waals surface area contributed by atoms with Crippen LogP contribution in [0.4, 0.5) is 19.3 Å². The fraction of sp³-hybridized carbons (Fsp3) is 0.500. The number of carboxylic acid groups (broad SMARTS) is 1. The minimum Gasteiger partial charge on any atom is -0.481 e. The first-order chi connectivity index (χ1) is 11.5. The minimum absolute atomic E-state index is 0.0682. The van der Waals surface area contributed by atoms with Crippen molar-refractivity contribution in [2.24, 2.45) is 5.92 Å². The van der Waals surface area contributed by atoms with Gasteiger partial charge in [0.25, 0.3) is 0 Å². The average molecular weight is 339 g/mol. The standard InChI is InChI=1S/C16H19F2N3O3/c17-12-2-1-3-13(18)14(12)20-7-5-11(9-20)19-16(24)21-6-4-10(8-21)15(22)23/h1-3,10-11H,4-9H2,(H,19,24)(H,22,23). The second kappa shape index (κ2) is 6.62. The van der Waals surface area contributed by atoms with Gasteiger partial charge in [0, 0.05) is 32.2 Å². The van der Waals surface area contributed by atoms with E-state index < -0.39 is 23.5 Å². The fourth-order valence-corrected chi connectivity index (χ4v) is 3.28. The molecule has 2 aliphatic rings. The summed E-state index contributed by atoms with van der Waals surface area (Å²) in [5.41, 5.74) is -0.0682. The number of likely N-dealkylation sites (tertiary alicyclic amines) is 1. The molecule has 2 amide bonds. The van der Waals surface area contributed by atoms with Gasteiger partial charge in [-0.05, 0) is 25.0 Å². The van der Waals surface area contributed by atoms with Gasteiger partial charge in [0.15, 0.2) is 0 Å². The highest BCUT2D eigenvalue weighted by atomic mass is 19.1. The lowest BCUT2D eigenvalue weighted by atomic mass is 10.1. The van der Waals surface area contributed by atoms with Crippen LogP contribution >= 0.6 is 0 Å². The lowest BCUT2D eigenvalue weighted by Crippen LogP contribution is -2.45.